The molecule has 13 heavy (non-hydrogen) atoms. The van der Waals surface area contributed by atoms with Crippen LogP contribution in [0.3, 0.4) is 0 Å². The third-order valence-corrected chi connectivity index (χ3v) is 2.40. The maximum Gasteiger partial charge on any atom is 0.236 e. The Balaban J connectivity index is 2.31. The van der Waals surface area contributed by atoms with E-state index in [0.717, 1.165) is 25.9 Å². The van der Waals surface area contributed by atoms with E-state index in [9.17, 15) is 4.79 Å². The first-order valence-corrected chi connectivity index (χ1v) is 4.77. The molecule has 1 atom stereocenters. The average Bonchev–Trinajstić information content (AvgIpc) is 2.04. The van der Waals surface area contributed by atoms with Crippen LogP contribution < -0.4 is 5.73 Å². The molecule has 1 saturated heterocycles. The van der Waals surface area contributed by atoms with E-state index in [2.05, 4.69) is 4.90 Å². The van der Waals surface area contributed by atoms with Crippen LogP contribution in [-0.4, -0.2) is 55.5 Å². The van der Waals surface area contributed by atoms with Crippen LogP contribution in [0.25, 0.3) is 0 Å². The number of piperidine rings is 1. The average molecular weight is 185 g/mol. The monoisotopic (exact) mass is 185 g/mol. The largest absolute Gasteiger partial charge is 0.348 e. The first kappa shape index (κ1) is 10.5. The maximum atomic E-state index is 11.4. The summed E-state index contributed by atoms with van der Waals surface area (Å²) in [6.45, 7) is 2.38. The highest BCUT2D eigenvalue weighted by atomic mass is 16.2. The first-order chi connectivity index (χ1) is 6.09. The highest BCUT2D eigenvalue weighted by Gasteiger charge is 2.19. The standard InChI is InChI=1S/C9H19N3O/c1-11(2)9(13)7-12-5-3-4-8(10)6-12/h8H,3-7,10H2,1-2H3/t8-/m1/s1. The van der Waals surface area contributed by atoms with Gasteiger partial charge in [0.05, 0.1) is 6.54 Å². The summed E-state index contributed by atoms with van der Waals surface area (Å²) < 4.78 is 0. The van der Waals surface area contributed by atoms with E-state index in [1.165, 1.54) is 0 Å². The van der Waals surface area contributed by atoms with Crippen molar-refractivity contribution < 1.29 is 4.79 Å². The Hall–Kier alpha value is -0.610. The van der Waals surface area contributed by atoms with Crippen LogP contribution >= 0.6 is 0 Å². The summed E-state index contributed by atoms with van der Waals surface area (Å²) in [4.78, 5) is 15.1. The zero-order valence-electron chi connectivity index (χ0n) is 8.49. The predicted molar refractivity (Wildman–Crippen MR) is 52.3 cm³/mol. The minimum Gasteiger partial charge on any atom is -0.348 e. The normalized spacial score (nSPS) is 24.4. The third-order valence-electron chi connectivity index (χ3n) is 2.40. The predicted octanol–water partition coefficient (Wildman–Crippen LogP) is -0.502. The topological polar surface area (TPSA) is 49.6 Å². The number of likely N-dealkylation sites (tertiary alicyclic amines) is 1. The molecule has 2 N–H and O–H groups in total. The maximum absolute atomic E-state index is 11.4. The van der Waals surface area contributed by atoms with E-state index in [0.29, 0.717) is 6.54 Å². The summed E-state index contributed by atoms with van der Waals surface area (Å²) in [5, 5.41) is 0. The van der Waals surface area contributed by atoms with Gasteiger partial charge in [0.2, 0.25) is 5.91 Å². The minimum absolute atomic E-state index is 0.161. The SMILES string of the molecule is CN(C)C(=O)CN1CCC[C@@H](N)C1. The molecule has 0 aliphatic carbocycles. The Morgan fingerprint density at radius 2 is 2.31 bits per heavy atom. The van der Waals surface area contributed by atoms with E-state index in [1.54, 1.807) is 19.0 Å². The van der Waals surface area contributed by atoms with Gasteiger partial charge < -0.3 is 10.6 Å². The van der Waals surface area contributed by atoms with Crippen LogP contribution in [0, 0.1) is 0 Å². The smallest absolute Gasteiger partial charge is 0.236 e. The van der Waals surface area contributed by atoms with Crippen LogP contribution in [0.4, 0.5) is 0 Å². The molecule has 1 aliphatic heterocycles. The highest BCUT2D eigenvalue weighted by molar-refractivity contribution is 5.77. The zero-order chi connectivity index (χ0) is 9.84. The van der Waals surface area contributed by atoms with E-state index in [1.807, 2.05) is 0 Å². The molecule has 0 bridgehead atoms. The van der Waals surface area contributed by atoms with Crippen LogP contribution in [0.1, 0.15) is 12.8 Å². The quantitative estimate of drug-likeness (QED) is 0.631. The number of carbonyl (C=O) groups excluding carboxylic acids is 1. The van der Waals surface area contributed by atoms with Crippen molar-refractivity contribution in [1.29, 1.82) is 0 Å². The number of carbonyl (C=O) groups is 1. The van der Waals surface area contributed by atoms with Crippen molar-refractivity contribution in [2.45, 2.75) is 18.9 Å². The number of nitrogens with two attached hydrogens (primary N) is 1. The number of likely N-dealkylation sites (N-methyl/N-ethyl adjacent to an activating group) is 1. The van der Waals surface area contributed by atoms with Gasteiger partial charge in [0.15, 0.2) is 0 Å². The van der Waals surface area contributed by atoms with Crippen molar-refractivity contribution in [3.8, 4) is 0 Å². The summed E-state index contributed by atoms with van der Waals surface area (Å²) >= 11 is 0. The van der Waals surface area contributed by atoms with Crippen LogP contribution in [0.2, 0.25) is 0 Å². The summed E-state index contributed by atoms with van der Waals surface area (Å²) in [7, 11) is 3.57. The van der Waals surface area contributed by atoms with E-state index >= 15 is 0 Å². The van der Waals surface area contributed by atoms with Gasteiger partial charge in [0.25, 0.3) is 0 Å². The number of amides is 1. The van der Waals surface area contributed by atoms with Gasteiger partial charge in [-0.05, 0) is 19.4 Å². The molecule has 4 heteroatoms. The van der Waals surface area contributed by atoms with Gasteiger partial charge in [-0.25, -0.2) is 0 Å². The van der Waals surface area contributed by atoms with Crippen LogP contribution in [-0.2, 0) is 4.79 Å². The fourth-order valence-electron chi connectivity index (χ4n) is 1.57. The Bertz CT molecular complexity index is 182. The molecule has 0 spiro atoms. The molecule has 1 aliphatic rings. The van der Waals surface area contributed by atoms with Gasteiger partial charge in [0, 0.05) is 26.7 Å². The van der Waals surface area contributed by atoms with Gasteiger partial charge in [-0.15, -0.1) is 0 Å². The van der Waals surface area contributed by atoms with Crippen molar-refractivity contribution in [2.24, 2.45) is 5.73 Å². The van der Waals surface area contributed by atoms with Crippen LogP contribution in [0.5, 0.6) is 0 Å². The molecule has 76 valence electrons. The second kappa shape index (κ2) is 4.58. The lowest BCUT2D eigenvalue weighted by Crippen LogP contribution is -2.46. The summed E-state index contributed by atoms with van der Waals surface area (Å²) in [6.07, 6.45) is 2.20. The number of hydrogen-bond donors (Lipinski definition) is 1. The molecule has 1 fully saturated rings. The number of hydrogen-bond acceptors (Lipinski definition) is 3. The van der Waals surface area contributed by atoms with Crippen LogP contribution in [0.15, 0.2) is 0 Å². The first-order valence-electron chi connectivity index (χ1n) is 4.77. The fourth-order valence-corrected chi connectivity index (χ4v) is 1.57. The number of nitrogens with zero attached hydrogens (tertiary/aromatic N) is 2. The molecule has 1 rings (SSSR count). The fraction of sp³-hybridized carbons (Fsp3) is 0.889. The van der Waals surface area contributed by atoms with E-state index in [-0.39, 0.29) is 11.9 Å². The zero-order valence-corrected chi connectivity index (χ0v) is 8.49. The lowest BCUT2D eigenvalue weighted by molar-refractivity contribution is -0.130. The molecular weight excluding hydrogens is 166 g/mol. The summed E-state index contributed by atoms with van der Waals surface area (Å²) in [5.41, 5.74) is 5.81. The summed E-state index contributed by atoms with van der Waals surface area (Å²) in [5.74, 6) is 0.161. The van der Waals surface area contributed by atoms with Crippen molar-refractivity contribution in [1.82, 2.24) is 9.80 Å². The van der Waals surface area contributed by atoms with Crippen molar-refractivity contribution >= 4 is 5.91 Å². The minimum atomic E-state index is 0.161. The van der Waals surface area contributed by atoms with Crippen molar-refractivity contribution in [3.63, 3.8) is 0 Å². The Kier molecular flexibility index (Phi) is 3.69. The summed E-state index contributed by atoms with van der Waals surface area (Å²) in [6, 6.07) is 0.253. The molecule has 0 saturated carbocycles. The van der Waals surface area contributed by atoms with E-state index < -0.39 is 0 Å². The van der Waals surface area contributed by atoms with Gasteiger partial charge in [-0.1, -0.05) is 0 Å². The van der Waals surface area contributed by atoms with Gasteiger partial charge in [-0.3, -0.25) is 9.69 Å². The number of rotatable bonds is 2. The Morgan fingerprint density at radius 3 is 2.85 bits per heavy atom. The molecule has 0 aromatic heterocycles. The van der Waals surface area contributed by atoms with Gasteiger partial charge in [0.1, 0.15) is 0 Å². The second-order valence-corrected chi connectivity index (χ2v) is 3.93. The highest BCUT2D eigenvalue weighted by Crippen LogP contribution is 2.07. The van der Waals surface area contributed by atoms with E-state index in [4.69, 9.17) is 5.73 Å². The lowest BCUT2D eigenvalue weighted by atomic mass is 10.1. The molecule has 1 amide bonds. The molecule has 0 unspecified atom stereocenters. The molecular formula is C9H19N3O. The molecule has 4 nitrogen and oxygen atoms in total. The lowest BCUT2D eigenvalue weighted by Gasteiger charge is -2.30. The molecule has 0 radical (unpaired) electrons. The molecule has 1 heterocycles. The van der Waals surface area contributed by atoms with Crippen molar-refractivity contribution in [3.05, 3.63) is 0 Å². The van der Waals surface area contributed by atoms with Gasteiger partial charge >= 0.3 is 0 Å². The van der Waals surface area contributed by atoms with Gasteiger partial charge in [-0.2, -0.15) is 0 Å². The van der Waals surface area contributed by atoms with Crippen molar-refractivity contribution in [2.75, 3.05) is 33.7 Å². The molecule has 0 aromatic carbocycles. The third kappa shape index (κ3) is 3.32. The Morgan fingerprint density at radius 1 is 1.62 bits per heavy atom. The Labute approximate surface area is 79.7 Å². The second-order valence-electron chi connectivity index (χ2n) is 3.93. The molecule has 0 aromatic rings.